The molecule has 1 unspecified atom stereocenters. The molecule has 1 atom stereocenters. The fraction of sp³-hybridized carbons (Fsp3) is 0.938. The normalized spacial score (nSPS) is 19.1. The van der Waals surface area contributed by atoms with E-state index in [1.165, 1.54) is 6.42 Å². The van der Waals surface area contributed by atoms with Gasteiger partial charge in [-0.2, -0.15) is 0 Å². The Bertz CT molecular complexity index is 287. The lowest BCUT2D eigenvalue weighted by Gasteiger charge is -2.28. The lowest BCUT2D eigenvalue weighted by atomic mass is 10.1. The standard InChI is InChI=1S/C16H33N3O.ClH/c1-13(2)9-19(10-14(3)4)16(20)12-18-7-6-15(11-18)8-17-5;/h13-15,17H,6-12H2,1-5H3;1H. The Morgan fingerprint density at radius 3 is 2.29 bits per heavy atom. The van der Waals surface area contributed by atoms with Gasteiger partial charge in [-0.15, -0.1) is 12.4 Å². The topological polar surface area (TPSA) is 35.6 Å². The fourth-order valence-corrected chi connectivity index (χ4v) is 2.96. The predicted octanol–water partition coefficient (Wildman–Crippen LogP) is 2.09. The number of carbonyl (C=O) groups excluding carboxylic acids is 1. The van der Waals surface area contributed by atoms with Gasteiger partial charge in [0.05, 0.1) is 6.54 Å². The molecule has 1 aliphatic rings. The van der Waals surface area contributed by atoms with Crippen molar-refractivity contribution in [2.45, 2.75) is 34.1 Å². The Labute approximate surface area is 137 Å². The monoisotopic (exact) mass is 319 g/mol. The average Bonchev–Trinajstić information content (AvgIpc) is 2.75. The summed E-state index contributed by atoms with van der Waals surface area (Å²) in [5, 5.41) is 3.24. The van der Waals surface area contributed by atoms with Crippen LogP contribution in [0.4, 0.5) is 0 Å². The molecule has 0 aromatic heterocycles. The fourth-order valence-electron chi connectivity index (χ4n) is 2.96. The molecule has 0 aromatic carbocycles. The summed E-state index contributed by atoms with van der Waals surface area (Å²) in [5.74, 6) is 2.08. The van der Waals surface area contributed by atoms with E-state index in [2.05, 4.69) is 42.8 Å². The van der Waals surface area contributed by atoms with Crippen molar-refractivity contribution in [3.63, 3.8) is 0 Å². The van der Waals surface area contributed by atoms with Crippen molar-refractivity contribution in [3.8, 4) is 0 Å². The van der Waals surface area contributed by atoms with E-state index in [1.807, 2.05) is 7.05 Å². The number of carbonyl (C=O) groups is 1. The zero-order valence-corrected chi connectivity index (χ0v) is 15.2. The summed E-state index contributed by atoms with van der Waals surface area (Å²) in [5.41, 5.74) is 0. The molecule has 0 radical (unpaired) electrons. The summed E-state index contributed by atoms with van der Waals surface area (Å²) in [6.07, 6.45) is 1.21. The van der Waals surface area contributed by atoms with Crippen molar-refractivity contribution in [2.75, 3.05) is 46.3 Å². The predicted molar refractivity (Wildman–Crippen MR) is 92.0 cm³/mol. The first-order valence-electron chi connectivity index (χ1n) is 8.07. The number of amides is 1. The molecule has 1 aliphatic heterocycles. The van der Waals surface area contributed by atoms with Crippen LogP contribution >= 0.6 is 12.4 Å². The summed E-state index contributed by atoms with van der Waals surface area (Å²) in [7, 11) is 2.00. The number of nitrogens with one attached hydrogen (secondary N) is 1. The third kappa shape index (κ3) is 8.03. The molecule has 4 nitrogen and oxygen atoms in total. The van der Waals surface area contributed by atoms with E-state index in [4.69, 9.17) is 0 Å². The molecular formula is C16H34ClN3O. The quantitative estimate of drug-likeness (QED) is 0.744. The van der Waals surface area contributed by atoms with Crippen LogP contribution in [0.1, 0.15) is 34.1 Å². The number of nitrogens with zero attached hydrogens (tertiary/aromatic N) is 2. The summed E-state index contributed by atoms with van der Waals surface area (Å²) < 4.78 is 0. The van der Waals surface area contributed by atoms with Crippen LogP contribution < -0.4 is 5.32 Å². The van der Waals surface area contributed by atoms with Crippen molar-refractivity contribution in [1.82, 2.24) is 15.1 Å². The van der Waals surface area contributed by atoms with Gasteiger partial charge in [0.15, 0.2) is 0 Å². The number of likely N-dealkylation sites (tertiary alicyclic amines) is 1. The van der Waals surface area contributed by atoms with E-state index >= 15 is 0 Å². The van der Waals surface area contributed by atoms with Gasteiger partial charge in [0.2, 0.25) is 5.91 Å². The van der Waals surface area contributed by atoms with Gasteiger partial charge >= 0.3 is 0 Å². The van der Waals surface area contributed by atoms with Gasteiger partial charge in [-0.1, -0.05) is 27.7 Å². The molecule has 1 saturated heterocycles. The Balaban J connectivity index is 0.00000400. The summed E-state index contributed by atoms with van der Waals surface area (Å²) >= 11 is 0. The maximum Gasteiger partial charge on any atom is 0.236 e. The smallest absolute Gasteiger partial charge is 0.236 e. The molecule has 5 heteroatoms. The van der Waals surface area contributed by atoms with Crippen LogP contribution in [-0.2, 0) is 4.79 Å². The van der Waals surface area contributed by atoms with Gasteiger partial charge < -0.3 is 10.2 Å². The van der Waals surface area contributed by atoms with E-state index in [-0.39, 0.29) is 12.4 Å². The van der Waals surface area contributed by atoms with Gasteiger partial charge in [-0.05, 0) is 44.3 Å². The minimum absolute atomic E-state index is 0. The van der Waals surface area contributed by atoms with E-state index in [0.717, 1.165) is 32.7 Å². The molecule has 1 N–H and O–H groups in total. The third-order valence-corrected chi connectivity index (χ3v) is 3.75. The number of halogens is 1. The third-order valence-electron chi connectivity index (χ3n) is 3.75. The highest BCUT2D eigenvalue weighted by atomic mass is 35.5. The van der Waals surface area contributed by atoms with Crippen molar-refractivity contribution in [2.24, 2.45) is 17.8 Å². The molecule has 1 amide bonds. The number of hydrogen-bond donors (Lipinski definition) is 1. The Morgan fingerprint density at radius 1 is 1.24 bits per heavy atom. The van der Waals surface area contributed by atoms with Gasteiger partial charge in [0, 0.05) is 19.6 Å². The molecule has 0 spiro atoms. The molecule has 126 valence electrons. The second-order valence-electron chi connectivity index (χ2n) is 7.03. The molecule has 1 heterocycles. The largest absolute Gasteiger partial charge is 0.341 e. The van der Waals surface area contributed by atoms with Gasteiger partial charge in [-0.3, -0.25) is 9.69 Å². The number of hydrogen-bond acceptors (Lipinski definition) is 3. The van der Waals surface area contributed by atoms with E-state index in [0.29, 0.717) is 30.2 Å². The van der Waals surface area contributed by atoms with Gasteiger partial charge in [-0.25, -0.2) is 0 Å². The minimum Gasteiger partial charge on any atom is -0.341 e. The van der Waals surface area contributed by atoms with Crippen LogP contribution in [0.25, 0.3) is 0 Å². The molecular weight excluding hydrogens is 286 g/mol. The maximum absolute atomic E-state index is 12.5. The average molecular weight is 320 g/mol. The van der Waals surface area contributed by atoms with Crippen LogP contribution in [-0.4, -0.2) is 62.0 Å². The highest BCUT2D eigenvalue weighted by molar-refractivity contribution is 5.85. The van der Waals surface area contributed by atoms with Crippen molar-refractivity contribution >= 4 is 18.3 Å². The molecule has 1 fully saturated rings. The summed E-state index contributed by atoms with van der Waals surface area (Å²) in [4.78, 5) is 16.9. The van der Waals surface area contributed by atoms with Crippen LogP contribution in [0.2, 0.25) is 0 Å². The van der Waals surface area contributed by atoms with E-state index in [1.54, 1.807) is 0 Å². The first-order valence-corrected chi connectivity index (χ1v) is 8.07. The zero-order valence-electron chi connectivity index (χ0n) is 14.4. The molecule has 0 bridgehead atoms. The molecule has 0 aromatic rings. The second kappa shape index (κ2) is 10.4. The maximum atomic E-state index is 12.5. The van der Waals surface area contributed by atoms with Crippen LogP contribution in [0.3, 0.4) is 0 Å². The lowest BCUT2D eigenvalue weighted by molar-refractivity contribution is -0.133. The minimum atomic E-state index is 0. The van der Waals surface area contributed by atoms with E-state index < -0.39 is 0 Å². The van der Waals surface area contributed by atoms with Crippen molar-refractivity contribution in [1.29, 1.82) is 0 Å². The Morgan fingerprint density at radius 2 is 1.81 bits per heavy atom. The van der Waals surface area contributed by atoms with E-state index in [9.17, 15) is 4.79 Å². The van der Waals surface area contributed by atoms with Crippen LogP contribution in [0.15, 0.2) is 0 Å². The zero-order chi connectivity index (χ0) is 15.1. The molecule has 0 saturated carbocycles. The second-order valence-corrected chi connectivity index (χ2v) is 7.03. The summed E-state index contributed by atoms with van der Waals surface area (Å²) in [6.45, 7) is 14.3. The highest BCUT2D eigenvalue weighted by Crippen LogP contribution is 2.15. The van der Waals surface area contributed by atoms with Gasteiger partial charge in [0.25, 0.3) is 0 Å². The summed E-state index contributed by atoms with van der Waals surface area (Å²) in [6, 6.07) is 0. The van der Waals surface area contributed by atoms with Crippen LogP contribution in [0.5, 0.6) is 0 Å². The Kier molecular flexibility index (Phi) is 10.3. The highest BCUT2D eigenvalue weighted by Gasteiger charge is 2.25. The SMILES string of the molecule is CNCC1CCN(CC(=O)N(CC(C)C)CC(C)C)C1.Cl. The van der Waals surface area contributed by atoms with Gasteiger partial charge in [0.1, 0.15) is 0 Å². The Hall–Kier alpha value is -0.320. The first kappa shape index (κ1) is 20.7. The first-order chi connectivity index (χ1) is 9.42. The van der Waals surface area contributed by atoms with Crippen molar-refractivity contribution in [3.05, 3.63) is 0 Å². The lowest BCUT2D eigenvalue weighted by Crippen LogP contribution is -2.43. The molecule has 21 heavy (non-hydrogen) atoms. The van der Waals surface area contributed by atoms with Crippen molar-refractivity contribution < 1.29 is 4.79 Å². The molecule has 0 aliphatic carbocycles. The number of rotatable bonds is 8. The van der Waals surface area contributed by atoms with Crippen LogP contribution in [0, 0.1) is 17.8 Å². The molecule has 1 rings (SSSR count).